The first-order chi connectivity index (χ1) is 16.0. The monoisotopic (exact) mass is 484 g/mol. The van der Waals surface area contributed by atoms with Gasteiger partial charge >= 0.3 is 5.97 Å². The molecule has 0 unspecified atom stereocenters. The fraction of sp³-hybridized carbons (Fsp3) is 0.333. The Balaban J connectivity index is 1.53. The summed E-state index contributed by atoms with van der Waals surface area (Å²) in [6, 6.07) is 15.5. The lowest BCUT2D eigenvalue weighted by Crippen LogP contribution is -2.41. The van der Waals surface area contributed by atoms with Gasteiger partial charge in [-0.3, -0.25) is 14.2 Å². The maximum atomic E-state index is 12.9. The highest BCUT2D eigenvalue weighted by molar-refractivity contribution is 7.99. The van der Waals surface area contributed by atoms with Crippen molar-refractivity contribution in [3.05, 3.63) is 59.1 Å². The van der Waals surface area contributed by atoms with Gasteiger partial charge in [0.05, 0.1) is 24.5 Å². The highest BCUT2D eigenvalue weighted by atomic mass is 35.5. The fourth-order valence-electron chi connectivity index (χ4n) is 3.93. The first kappa shape index (κ1) is 23.3. The third kappa shape index (κ3) is 5.23. The number of benzene rings is 2. The lowest BCUT2D eigenvalue weighted by Gasteiger charge is -2.30. The number of rotatable bonds is 6. The second-order valence-electron chi connectivity index (χ2n) is 7.90. The minimum absolute atomic E-state index is 0.0238. The molecule has 7 nitrogen and oxygen atoms in total. The molecule has 1 amide bonds. The number of likely N-dealkylation sites (tertiary alicyclic amines) is 1. The first-order valence-electron chi connectivity index (χ1n) is 10.7. The molecular weight excluding hydrogens is 460 g/mol. The molecule has 9 heteroatoms. The molecule has 1 aliphatic heterocycles. The van der Waals surface area contributed by atoms with E-state index >= 15 is 0 Å². The SMILES string of the molecule is COC(=O)C1CCN(C(=O)CSc2nnc(-c3ccc(Cl)cc3)n2-c2ccccc2C)CC1. The van der Waals surface area contributed by atoms with Crippen LogP contribution in [0.4, 0.5) is 0 Å². The standard InChI is InChI=1S/C24H25ClN4O3S/c1-16-5-3-4-6-20(16)29-22(17-7-9-19(25)10-8-17)26-27-24(29)33-15-21(30)28-13-11-18(12-14-28)23(31)32-2/h3-10,18H,11-15H2,1-2H3. The van der Waals surface area contributed by atoms with Gasteiger partial charge in [-0.25, -0.2) is 0 Å². The normalized spacial score (nSPS) is 14.3. The maximum absolute atomic E-state index is 12.9. The number of aryl methyl sites for hydroxylation is 1. The number of ether oxygens (including phenoxy) is 1. The summed E-state index contributed by atoms with van der Waals surface area (Å²) in [5.41, 5.74) is 2.92. The van der Waals surface area contributed by atoms with Crippen LogP contribution in [0.1, 0.15) is 18.4 Å². The second-order valence-corrected chi connectivity index (χ2v) is 9.28. The number of amides is 1. The molecule has 0 saturated carbocycles. The van der Waals surface area contributed by atoms with E-state index in [9.17, 15) is 9.59 Å². The highest BCUT2D eigenvalue weighted by Crippen LogP contribution is 2.30. The number of aromatic nitrogens is 3. The van der Waals surface area contributed by atoms with Crippen molar-refractivity contribution in [1.82, 2.24) is 19.7 Å². The van der Waals surface area contributed by atoms with Gasteiger partial charge in [-0.15, -0.1) is 10.2 Å². The number of methoxy groups -OCH3 is 1. The number of esters is 1. The lowest BCUT2D eigenvalue weighted by molar-refractivity contribution is -0.148. The van der Waals surface area contributed by atoms with E-state index in [0.717, 1.165) is 16.8 Å². The molecule has 0 spiro atoms. The molecule has 3 aromatic rings. The topological polar surface area (TPSA) is 77.3 Å². The largest absolute Gasteiger partial charge is 0.469 e. The first-order valence-corrected chi connectivity index (χ1v) is 12.1. The molecule has 0 atom stereocenters. The Morgan fingerprint density at radius 1 is 1.09 bits per heavy atom. The van der Waals surface area contributed by atoms with Crippen LogP contribution in [0.25, 0.3) is 17.1 Å². The van der Waals surface area contributed by atoms with Crippen LogP contribution in [0.15, 0.2) is 53.7 Å². The lowest BCUT2D eigenvalue weighted by atomic mass is 9.97. The number of hydrogen-bond donors (Lipinski definition) is 0. The summed E-state index contributed by atoms with van der Waals surface area (Å²) in [7, 11) is 1.40. The summed E-state index contributed by atoms with van der Waals surface area (Å²) in [5.74, 6) is 0.633. The number of carbonyl (C=O) groups excluding carboxylic acids is 2. The summed E-state index contributed by atoms with van der Waals surface area (Å²) in [4.78, 5) is 26.4. The van der Waals surface area contributed by atoms with E-state index in [-0.39, 0.29) is 23.5 Å². The molecule has 4 rings (SSSR count). The average Bonchev–Trinajstić information content (AvgIpc) is 3.26. The Morgan fingerprint density at radius 3 is 2.45 bits per heavy atom. The molecule has 2 aromatic carbocycles. The third-order valence-electron chi connectivity index (χ3n) is 5.80. The number of thioether (sulfide) groups is 1. The molecule has 1 fully saturated rings. The molecular formula is C24H25ClN4O3S. The molecule has 2 heterocycles. The summed E-state index contributed by atoms with van der Waals surface area (Å²) >= 11 is 7.43. The number of hydrogen-bond acceptors (Lipinski definition) is 6. The van der Waals surface area contributed by atoms with Crippen LogP contribution in [0.3, 0.4) is 0 Å². The fourth-order valence-corrected chi connectivity index (χ4v) is 4.90. The van der Waals surface area contributed by atoms with E-state index in [2.05, 4.69) is 10.2 Å². The van der Waals surface area contributed by atoms with Crippen molar-refractivity contribution in [1.29, 1.82) is 0 Å². The third-order valence-corrected chi connectivity index (χ3v) is 6.96. The molecule has 1 aromatic heterocycles. The zero-order chi connectivity index (χ0) is 23.4. The number of para-hydroxylation sites is 1. The quantitative estimate of drug-likeness (QED) is 0.381. The van der Waals surface area contributed by atoms with Crippen molar-refractivity contribution in [2.24, 2.45) is 5.92 Å². The Kier molecular flexibility index (Phi) is 7.35. The van der Waals surface area contributed by atoms with Gasteiger partial charge in [0.25, 0.3) is 0 Å². The highest BCUT2D eigenvalue weighted by Gasteiger charge is 2.28. The van der Waals surface area contributed by atoms with Crippen LogP contribution < -0.4 is 0 Å². The van der Waals surface area contributed by atoms with Crippen LogP contribution in [0, 0.1) is 12.8 Å². The Bertz CT molecular complexity index is 1140. The van der Waals surface area contributed by atoms with Gasteiger partial charge in [0.1, 0.15) is 0 Å². The zero-order valence-corrected chi connectivity index (χ0v) is 20.1. The van der Waals surface area contributed by atoms with Gasteiger partial charge in [0.15, 0.2) is 11.0 Å². The number of halogens is 1. The molecule has 0 aliphatic carbocycles. The van der Waals surface area contributed by atoms with Crippen LogP contribution in [0.2, 0.25) is 5.02 Å². The van der Waals surface area contributed by atoms with Crippen LogP contribution in [-0.2, 0) is 14.3 Å². The Labute approximate surface area is 202 Å². The Morgan fingerprint density at radius 2 is 1.79 bits per heavy atom. The minimum Gasteiger partial charge on any atom is -0.469 e. The summed E-state index contributed by atoms with van der Waals surface area (Å²) in [5, 5.41) is 10.1. The van der Waals surface area contributed by atoms with Gasteiger partial charge in [-0.1, -0.05) is 41.6 Å². The van der Waals surface area contributed by atoms with E-state index < -0.39 is 0 Å². The van der Waals surface area contributed by atoms with E-state index in [0.29, 0.717) is 41.9 Å². The van der Waals surface area contributed by atoms with Crippen molar-refractivity contribution in [3.8, 4) is 17.1 Å². The van der Waals surface area contributed by atoms with Crippen LogP contribution in [0.5, 0.6) is 0 Å². The van der Waals surface area contributed by atoms with Crippen molar-refractivity contribution in [2.45, 2.75) is 24.9 Å². The average molecular weight is 485 g/mol. The number of carbonyl (C=O) groups is 2. The van der Waals surface area contributed by atoms with E-state index in [4.69, 9.17) is 16.3 Å². The second kappa shape index (κ2) is 10.4. The van der Waals surface area contributed by atoms with E-state index in [1.807, 2.05) is 60.0 Å². The van der Waals surface area contributed by atoms with Gasteiger partial charge in [0.2, 0.25) is 5.91 Å². The van der Waals surface area contributed by atoms with Crippen LogP contribution in [-0.4, -0.2) is 57.5 Å². The summed E-state index contributed by atoms with van der Waals surface area (Å²) < 4.78 is 6.82. The molecule has 0 N–H and O–H groups in total. The van der Waals surface area contributed by atoms with Crippen molar-refractivity contribution in [2.75, 3.05) is 26.0 Å². The van der Waals surface area contributed by atoms with Gasteiger partial charge in [-0.2, -0.15) is 0 Å². The van der Waals surface area contributed by atoms with Crippen molar-refractivity contribution < 1.29 is 14.3 Å². The maximum Gasteiger partial charge on any atom is 0.308 e. The molecule has 33 heavy (non-hydrogen) atoms. The molecule has 0 bridgehead atoms. The van der Waals surface area contributed by atoms with Crippen molar-refractivity contribution >= 4 is 35.2 Å². The predicted octanol–water partition coefficient (Wildman–Crippen LogP) is 4.40. The molecule has 1 aliphatic rings. The Hall–Kier alpha value is -2.84. The van der Waals surface area contributed by atoms with Crippen molar-refractivity contribution in [3.63, 3.8) is 0 Å². The van der Waals surface area contributed by atoms with Gasteiger partial charge in [0, 0.05) is 23.7 Å². The van der Waals surface area contributed by atoms with Gasteiger partial charge < -0.3 is 9.64 Å². The molecule has 0 radical (unpaired) electrons. The number of piperidine rings is 1. The molecule has 172 valence electrons. The van der Waals surface area contributed by atoms with E-state index in [1.165, 1.54) is 18.9 Å². The smallest absolute Gasteiger partial charge is 0.308 e. The minimum atomic E-state index is -0.197. The predicted molar refractivity (Wildman–Crippen MR) is 129 cm³/mol. The van der Waals surface area contributed by atoms with E-state index in [1.54, 1.807) is 4.90 Å². The summed E-state index contributed by atoms with van der Waals surface area (Å²) in [6.07, 6.45) is 1.26. The summed E-state index contributed by atoms with van der Waals surface area (Å²) in [6.45, 7) is 3.14. The van der Waals surface area contributed by atoms with Gasteiger partial charge in [-0.05, 0) is 55.7 Å². The zero-order valence-electron chi connectivity index (χ0n) is 18.5. The molecule has 1 saturated heterocycles. The van der Waals surface area contributed by atoms with Crippen LogP contribution >= 0.6 is 23.4 Å². The number of nitrogens with zero attached hydrogens (tertiary/aromatic N) is 4.